The van der Waals surface area contributed by atoms with Crippen molar-refractivity contribution in [2.24, 2.45) is 5.92 Å². The molecule has 0 unspecified atom stereocenters. The number of carbonyl (C=O) groups is 1. The van der Waals surface area contributed by atoms with Crippen LogP contribution in [0.1, 0.15) is 97.8 Å². The average molecular weight is 525 g/mol. The van der Waals surface area contributed by atoms with Crippen LogP contribution < -0.4 is 0 Å². The second kappa shape index (κ2) is 15.6. The Balaban J connectivity index is 1.44. The minimum absolute atomic E-state index is 0.114. The number of carbonyl (C=O) groups excluding carboxylic acids is 1. The monoisotopic (exact) mass is 524 g/mol. The van der Waals surface area contributed by atoms with Gasteiger partial charge in [-0.1, -0.05) is 106 Å². The van der Waals surface area contributed by atoms with E-state index in [9.17, 15) is 4.79 Å². The van der Waals surface area contributed by atoms with Crippen LogP contribution in [0.2, 0.25) is 0 Å². The predicted molar refractivity (Wildman–Crippen MR) is 164 cm³/mol. The van der Waals surface area contributed by atoms with Gasteiger partial charge in [0.05, 0.1) is 6.54 Å². The molecular formula is C36H48N2O. The lowest BCUT2D eigenvalue weighted by Crippen LogP contribution is -2.49. The van der Waals surface area contributed by atoms with Crippen molar-refractivity contribution in [3.8, 4) is 0 Å². The van der Waals surface area contributed by atoms with Gasteiger partial charge in [0.15, 0.2) is 0 Å². The maximum atomic E-state index is 13.9. The van der Waals surface area contributed by atoms with Gasteiger partial charge >= 0.3 is 0 Å². The molecule has 208 valence electrons. The molecule has 1 saturated heterocycles. The molecule has 0 saturated carbocycles. The Morgan fingerprint density at radius 1 is 0.692 bits per heavy atom. The third-order valence-corrected chi connectivity index (χ3v) is 8.23. The van der Waals surface area contributed by atoms with Crippen LogP contribution in [0, 0.1) is 5.92 Å². The molecule has 3 heteroatoms. The lowest BCUT2D eigenvalue weighted by Gasteiger charge is -2.40. The standard InChI is InChI=1S/C36H48N2O/c1-3-5-8-12-30-16-18-34(19-17-30)29-38(36(39)35-22-20-31(21-23-35)13-9-6-4-2)37-26-24-33(25-27-37)28-32-14-10-7-11-15-32/h7,10-11,14-23,33H,3-6,8-9,12-13,24-29H2,1-2H3. The Morgan fingerprint density at radius 2 is 1.23 bits per heavy atom. The summed E-state index contributed by atoms with van der Waals surface area (Å²) in [6.45, 7) is 6.95. The van der Waals surface area contributed by atoms with Crippen LogP contribution in [0.5, 0.6) is 0 Å². The molecule has 1 fully saturated rings. The van der Waals surface area contributed by atoms with Gasteiger partial charge in [0.2, 0.25) is 0 Å². The fourth-order valence-corrected chi connectivity index (χ4v) is 5.72. The van der Waals surface area contributed by atoms with Gasteiger partial charge in [-0.15, -0.1) is 0 Å². The summed E-state index contributed by atoms with van der Waals surface area (Å²) in [6, 6.07) is 28.2. The first-order valence-electron chi connectivity index (χ1n) is 15.4. The Labute approximate surface area is 237 Å². The van der Waals surface area contributed by atoms with E-state index in [-0.39, 0.29) is 5.91 Å². The van der Waals surface area contributed by atoms with Crippen molar-refractivity contribution < 1.29 is 4.79 Å². The van der Waals surface area contributed by atoms with Gasteiger partial charge in [0.1, 0.15) is 0 Å². The van der Waals surface area contributed by atoms with Crippen LogP contribution in [-0.2, 0) is 25.8 Å². The summed E-state index contributed by atoms with van der Waals surface area (Å²) in [4.78, 5) is 13.9. The van der Waals surface area contributed by atoms with E-state index in [0.29, 0.717) is 12.5 Å². The molecule has 3 nitrogen and oxygen atoms in total. The molecule has 1 amide bonds. The third-order valence-electron chi connectivity index (χ3n) is 8.23. The van der Waals surface area contributed by atoms with Crippen LogP contribution in [0.15, 0.2) is 78.9 Å². The zero-order valence-electron chi connectivity index (χ0n) is 24.3. The number of unbranched alkanes of at least 4 members (excludes halogenated alkanes) is 4. The highest BCUT2D eigenvalue weighted by atomic mass is 16.2. The lowest BCUT2D eigenvalue weighted by atomic mass is 9.90. The maximum Gasteiger partial charge on any atom is 0.268 e. The lowest BCUT2D eigenvalue weighted by molar-refractivity contribution is -0.0351. The summed E-state index contributed by atoms with van der Waals surface area (Å²) in [5.74, 6) is 0.786. The van der Waals surface area contributed by atoms with Crippen LogP contribution in [0.3, 0.4) is 0 Å². The zero-order chi connectivity index (χ0) is 27.3. The van der Waals surface area contributed by atoms with E-state index < -0.39 is 0 Å². The smallest absolute Gasteiger partial charge is 0.268 e. The normalized spacial score (nSPS) is 14.4. The summed E-state index contributed by atoms with van der Waals surface area (Å²) < 4.78 is 0. The highest BCUT2D eigenvalue weighted by Gasteiger charge is 2.28. The molecule has 3 aromatic carbocycles. The molecule has 3 aromatic rings. The second-order valence-electron chi connectivity index (χ2n) is 11.4. The molecule has 39 heavy (non-hydrogen) atoms. The van der Waals surface area contributed by atoms with Crippen molar-refractivity contribution >= 4 is 5.91 Å². The second-order valence-corrected chi connectivity index (χ2v) is 11.4. The first-order chi connectivity index (χ1) is 19.2. The molecule has 0 aliphatic carbocycles. The molecule has 1 aliphatic heterocycles. The number of benzene rings is 3. The van der Waals surface area contributed by atoms with Crippen LogP contribution in [-0.4, -0.2) is 29.0 Å². The molecule has 0 N–H and O–H groups in total. The first kappa shape index (κ1) is 29.1. The van der Waals surface area contributed by atoms with Crippen molar-refractivity contribution in [3.63, 3.8) is 0 Å². The van der Waals surface area contributed by atoms with Crippen molar-refractivity contribution in [2.75, 3.05) is 13.1 Å². The van der Waals surface area contributed by atoms with Crippen LogP contribution in [0.4, 0.5) is 0 Å². The molecular weight excluding hydrogens is 476 g/mol. The molecule has 0 radical (unpaired) electrons. The van der Waals surface area contributed by atoms with E-state index in [2.05, 4.69) is 85.6 Å². The Morgan fingerprint density at radius 3 is 1.79 bits per heavy atom. The predicted octanol–water partition coefficient (Wildman–Crippen LogP) is 8.66. The van der Waals surface area contributed by atoms with Crippen LogP contribution in [0.25, 0.3) is 0 Å². The van der Waals surface area contributed by atoms with Crippen molar-refractivity contribution in [3.05, 3.63) is 107 Å². The van der Waals surface area contributed by atoms with E-state index in [0.717, 1.165) is 50.8 Å². The Hall–Kier alpha value is -2.91. The zero-order valence-corrected chi connectivity index (χ0v) is 24.3. The molecule has 1 aliphatic rings. The minimum Gasteiger partial charge on any atom is -0.268 e. The number of aryl methyl sites for hydroxylation is 2. The van der Waals surface area contributed by atoms with Gasteiger partial charge in [-0.05, 0) is 85.3 Å². The molecule has 0 spiro atoms. The summed E-state index contributed by atoms with van der Waals surface area (Å²) in [5, 5.41) is 4.34. The van der Waals surface area contributed by atoms with Crippen molar-refractivity contribution in [1.29, 1.82) is 0 Å². The Bertz CT molecular complexity index is 1100. The van der Waals surface area contributed by atoms with E-state index in [4.69, 9.17) is 0 Å². The summed E-state index contributed by atoms with van der Waals surface area (Å²) in [7, 11) is 0. The molecule has 0 aromatic heterocycles. The average Bonchev–Trinajstić information content (AvgIpc) is 2.98. The highest BCUT2D eigenvalue weighted by molar-refractivity contribution is 5.94. The van der Waals surface area contributed by atoms with Gasteiger partial charge < -0.3 is 0 Å². The number of hydrogen-bond donors (Lipinski definition) is 0. The van der Waals surface area contributed by atoms with E-state index in [1.807, 2.05) is 17.1 Å². The third kappa shape index (κ3) is 9.07. The SMILES string of the molecule is CCCCCc1ccc(CN(C(=O)c2ccc(CCCCC)cc2)N2CCC(Cc3ccccc3)CC2)cc1. The number of hydrazine groups is 1. The van der Waals surface area contributed by atoms with Crippen molar-refractivity contribution in [2.45, 2.75) is 91.0 Å². The number of piperidine rings is 1. The number of amides is 1. The maximum absolute atomic E-state index is 13.9. The topological polar surface area (TPSA) is 23.6 Å². The van der Waals surface area contributed by atoms with E-state index >= 15 is 0 Å². The quantitative estimate of drug-likeness (QED) is 0.197. The molecule has 0 atom stereocenters. The van der Waals surface area contributed by atoms with Gasteiger partial charge in [-0.2, -0.15) is 0 Å². The van der Waals surface area contributed by atoms with Crippen molar-refractivity contribution in [1.82, 2.24) is 10.0 Å². The fraction of sp³-hybridized carbons (Fsp3) is 0.472. The van der Waals surface area contributed by atoms with Gasteiger partial charge in [-0.3, -0.25) is 9.80 Å². The van der Waals surface area contributed by atoms with E-state index in [1.54, 1.807) is 0 Å². The fourth-order valence-electron chi connectivity index (χ4n) is 5.72. The first-order valence-corrected chi connectivity index (χ1v) is 15.4. The van der Waals surface area contributed by atoms with Gasteiger partial charge in [0.25, 0.3) is 5.91 Å². The van der Waals surface area contributed by atoms with E-state index in [1.165, 1.54) is 60.8 Å². The molecule has 0 bridgehead atoms. The summed E-state index contributed by atoms with van der Waals surface area (Å²) in [5.41, 5.74) is 6.13. The number of rotatable bonds is 14. The Kier molecular flexibility index (Phi) is 11.6. The van der Waals surface area contributed by atoms with Gasteiger partial charge in [0, 0.05) is 18.7 Å². The molecule has 1 heterocycles. The molecule has 4 rings (SSSR count). The minimum atomic E-state index is 0.114. The highest BCUT2D eigenvalue weighted by Crippen LogP contribution is 2.25. The number of hydrogen-bond acceptors (Lipinski definition) is 2. The van der Waals surface area contributed by atoms with Gasteiger partial charge in [-0.25, -0.2) is 5.01 Å². The number of nitrogens with zero attached hydrogens (tertiary/aromatic N) is 2. The largest absolute Gasteiger partial charge is 0.268 e. The van der Waals surface area contributed by atoms with Crippen LogP contribution >= 0.6 is 0 Å². The summed E-state index contributed by atoms with van der Waals surface area (Å²) in [6.07, 6.45) is 13.0. The summed E-state index contributed by atoms with van der Waals surface area (Å²) >= 11 is 0.